The minimum atomic E-state index is -0.549. The molecule has 0 saturated carbocycles. The second kappa shape index (κ2) is 13.8. The van der Waals surface area contributed by atoms with E-state index < -0.39 is 6.04 Å². The molecule has 0 aromatic heterocycles. The molecule has 2 heterocycles. The van der Waals surface area contributed by atoms with Gasteiger partial charge < -0.3 is 26.0 Å². The maximum absolute atomic E-state index is 12.5. The molecular formula is C21H34Cl2N4O3. The fourth-order valence-corrected chi connectivity index (χ4v) is 3.86. The second-order valence-electron chi connectivity index (χ2n) is 7.75. The van der Waals surface area contributed by atoms with E-state index in [1.807, 2.05) is 12.1 Å². The summed E-state index contributed by atoms with van der Waals surface area (Å²) in [5, 5.41) is 5.80. The maximum Gasteiger partial charge on any atom is 0.241 e. The van der Waals surface area contributed by atoms with Crippen molar-refractivity contribution in [1.82, 2.24) is 4.90 Å². The van der Waals surface area contributed by atoms with Gasteiger partial charge in [0.15, 0.2) is 0 Å². The Morgan fingerprint density at radius 3 is 2.37 bits per heavy atom. The number of hydrogen-bond acceptors (Lipinski definition) is 5. The molecule has 2 aliphatic heterocycles. The normalized spacial score (nSPS) is 18.4. The highest BCUT2D eigenvalue weighted by Gasteiger charge is 2.26. The molecule has 1 aromatic rings. The Hall–Kier alpha value is -1.38. The van der Waals surface area contributed by atoms with Crippen LogP contribution in [-0.4, -0.2) is 55.6 Å². The fourth-order valence-electron chi connectivity index (χ4n) is 3.86. The number of amides is 2. The summed E-state index contributed by atoms with van der Waals surface area (Å²) < 4.78 is 5.33. The zero-order valence-electron chi connectivity index (χ0n) is 17.3. The highest BCUT2D eigenvalue weighted by atomic mass is 35.5. The Bertz CT molecular complexity index is 665. The standard InChI is InChI=1S/C21H32N4O3.2ClH/c22-20(16-8-13-28-14-9-16)21(27)24-18-6-4-5-17(15-18)23-19(26)7-12-25-10-2-1-3-11-25;;/h4-6,15-16,20H,1-3,7-14,22H2,(H,23,26)(H,24,27);2*1H. The highest BCUT2D eigenvalue weighted by Crippen LogP contribution is 2.20. The molecule has 2 saturated heterocycles. The second-order valence-corrected chi connectivity index (χ2v) is 7.75. The van der Waals surface area contributed by atoms with E-state index in [4.69, 9.17) is 10.5 Å². The molecule has 0 radical (unpaired) electrons. The van der Waals surface area contributed by atoms with Crippen molar-refractivity contribution in [2.75, 3.05) is 43.5 Å². The average molecular weight is 461 g/mol. The van der Waals surface area contributed by atoms with Crippen LogP contribution in [-0.2, 0) is 14.3 Å². The molecule has 9 heteroatoms. The first-order valence-corrected chi connectivity index (χ1v) is 10.4. The third-order valence-corrected chi connectivity index (χ3v) is 5.59. The third kappa shape index (κ3) is 8.40. The van der Waals surface area contributed by atoms with Crippen LogP contribution in [0.15, 0.2) is 24.3 Å². The lowest BCUT2D eigenvalue weighted by atomic mass is 9.92. The van der Waals surface area contributed by atoms with Gasteiger partial charge in [0.25, 0.3) is 0 Å². The minimum absolute atomic E-state index is 0. The van der Waals surface area contributed by atoms with Gasteiger partial charge in [-0.1, -0.05) is 12.5 Å². The molecule has 170 valence electrons. The lowest BCUT2D eigenvalue weighted by Crippen LogP contribution is -2.44. The SMILES string of the molecule is Cl.Cl.NC(C(=O)Nc1cccc(NC(=O)CCN2CCCCC2)c1)C1CCOCC1. The fraction of sp³-hybridized carbons (Fsp3) is 0.619. The number of nitrogens with one attached hydrogen (secondary N) is 2. The predicted octanol–water partition coefficient (Wildman–Crippen LogP) is 3.04. The van der Waals surface area contributed by atoms with Crippen molar-refractivity contribution in [3.8, 4) is 0 Å². The van der Waals surface area contributed by atoms with Crippen LogP contribution in [0.25, 0.3) is 0 Å². The topological polar surface area (TPSA) is 96.7 Å². The largest absolute Gasteiger partial charge is 0.381 e. The van der Waals surface area contributed by atoms with Crippen molar-refractivity contribution >= 4 is 48.0 Å². The van der Waals surface area contributed by atoms with Crippen LogP contribution >= 0.6 is 24.8 Å². The minimum Gasteiger partial charge on any atom is -0.381 e. The lowest BCUT2D eigenvalue weighted by molar-refractivity contribution is -0.119. The van der Waals surface area contributed by atoms with Crippen LogP contribution in [0.4, 0.5) is 11.4 Å². The molecule has 2 fully saturated rings. The number of carbonyl (C=O) groups excluding carboxylic acids is 2. The summed E-state index contributed by atoms with van der Waals surface area (Å²) in [6, 6.07) is 6.67. The van der Waals surface area contributed by atoms with Crippen molar-refractivity contribution in [2.24, 2.45) is 11.7 Å². The van der Waals surface area contributed by atoms with E-state index in [9.17, 15) is 9.59 Å². The number of ether oxygens (including phenoxy) is 1. The van der Waals surface area contributed by atoms with Gasteiger partial charge in [-0.05, 0) is 62.9 Å². The first kappa shape index (κ1) is 26.7. The number of anilines is 2. The van der Waals surface area contributed by atoms with E-state index in [0.717, 1.165) is 32.5 Å². The summed E-state index contributed by atoms with van der Waals surface area (Å²) in [4.78, 5) is 27.0. The summed E-state index contributed by atoms with van der Waals surface area (Å²) in [5.74, 6) is -0.0557. The number of benzene rings is 1. The molecule has 0 aliphatic carbocycles. The number of halogens is 2. The van der Waals surface area contributed by atoms with Gasteiger partial charge in [0.2, 0.25) is 11.8 Å². The van der Waals surface area contributed by atoms with Crippen molar-refractivity contribution in [3.63, 3.8) is 0 Å². The summed E-state index contributed by atoms with van der Waals surface area (Å²) in [7, 11) is 0. The van der Waals surface area contributed by atoms with Gasteiger partial charge >= 0.3 is 0 Å². The first-order valence-electron chi connectivity index (χ1n) is 10.4. The van der Waals surface area contributed by atoms with E-state index in [1.165, 1.54) is 19.3 Å². The van der Waals surface area contributed by atoms with Gasteiger partial charge in [0.05, 0.1) is 6.04 Å². The number of rotatable bonds is 7. The molecular weight excluding hydrogens is 427 g/mol. The molecule has 0 bridgehead atoms. The number of nitrogens with zero attached hydrogens (tertiary/aromatic N) is 1. The van der Waals surface area contributed by atoms with E-state index in [1.54, 1.807) is 12.1 Å². The highest BCUT2D eigenvalue weighted by molar-refractivity contribution is 5.96. The quantitative estimate of drug-likeness (QED) is 0.580. The summed E-state index contributed by atoms with van der Waals surface area (Å²) >= 11 is 0. The first-order chi connectivity index (χ1) is 13.6. The van der Waals surface area contributed by atoms with E-state index in [2.05, 4.69) is 15.5 Å². The summed E-state index contributed by atoms with van der Waals surface area (Å²) in [6.07, 6.45) is 5.83. The van der Waals surface area contributed by atoms with Gasteiger partial charge in [0, 0.05) is 37.6 Å². The number of carbonyl (C=O) groups is 2. The van der Waals surface area contributed by atoms with Crippen LogP contribution < -0.4 is 16.4 Å². The molecule has 1 unspecified atom stereocenters. The van der Waals surface area contributed by atoms with Crippen LogP contribution in [0.3, 0.4) is 0 Å². The molecule has 3 rings (SSSR count). The van der Waals surface area contributed by atoms with Crippen molar-refractivity contribution < 1.29 is 14.3 Å². The third-order valence-electron chi connectivity index (χ3n) is 5.59. The van der Waals surface area contributed by atoms with Gasteiger partial charge in [-0.2, -0.15) is 0 Å². The number of nitrogens with two attached hydrogens (primary N) is 1. The van der Waals surface area contributed by atoms with Gasteiger partial charge in [-0.3, -0.25) is 9.59 Å². The molecule has 2 amide bonds. The molecule has 0 spiro atoms. The van der Waals surface area contributed by atoms with Crippen LogP contribution in [0, 0.1) is 5.92 Å². The smallest absolute Gasteiger partial charge is 0.241 e. The molecule has 4 N–H and O–H groups in total. The number of likely N-dealkylation sites (tertiary alicyclic amines) is 1. The molecule has 1 aromatic carbocycles. The molecule has 1 atom stereocenters. The predicted molar refractivity (Wildman–Crippen MR) is 125 cm³/mol. The van der Waals surface area contributed by atoms with Gasteiger partial charge in [-0.15, -0.1) is 24.8 Å². The van der Waals surface area contributed by atoms with Crippen molar-refractivity contribution in [2.45, 2.75) is 44.6 Å². The zero-order valence-corrected chi connectivity index (χ0v) is 18.9. The lowest BCUT2D eigenvalue weighted by Gasteiger charge is -2.26. The van der Waals surface area contributed by atoms with E-state index in [-0.39, 0.29) is 42.5 Å². The monoisotopic (exact) mass is 460 g/mol. The zero-order chi connectivity index (χ0) is 19.8. The van der Waals surface area contributed by atoms with E-state index in [0.29, 0.717) is 31.0 Å². The van der Waals surface area contributed by atoms with Crippen molar-refractivity contribution in [3.05, 3.63) is 24.3 Å². The number of hydrogen-bond donors (Lipinski definition) is 3. The summed E-state index contributed by atoms with van der Waals surface area (Å²) in [5.41, 5.74) is 7.45. The molecule has 2 aliphatic rings. The Morgan fingerprint density at radius 1 is 1.07 bits per heavy atom. The van der Waals surface area contributed by atoms with Crippen LogP contribution in [0.2, 0.25) is 0 Å². The number of piperidine rings is 1. The molecule has 7 nitrogen and oxygen atoms in total. The van der Waals surface area contributed by atoms with Crippen LogP contribution in [0.1, 0.15) is 38.5 Å². The van der Waals surface area contributed by atoms with E-state index >= 15 is 0 Å². The van der Waals surface area contributed by atoms with Crippen molar-refractivity contribution in [1.29, 1.82) is 0 Å². The Labute approximate surface area is 191 Å². The van der Waals surface area contributed by atoms with Gasteiger partial charge in [0.1, 0.15) is 0 Å². The Kier molecular flexibility index (Phi) is 12.3. The Morgan fingerprint density at radius 2 is 1.70 bits per heavy atom. The maximum atomic E-state index is 12.5. The summed E-state index contributed by atoms with van der Waals surface area (Å²) in [6.45, 7) is 4.28. The van der Waals surface area contributed by atoms with Crippen LogP contribution in [0.5, 0.6) is 0 Å². The molecule has 30 heavy (non-hydrogen) atoms. The average Bonchev–Trinajstić information content (AvgIpc) is 2.73. The Balaban J connectivity index is 0.00000225. The van der Waals surface area contributed by atoms with Gasteiger partial charge in [-0.25, -0.2) is 0 Å².